The van der Waals surface area contributed by atoms with Crippen LogP contribution >= 0.6 is 0 Å². The average molecular weight is 350 g/mol. The van der Waals surface area contributed by atoms with E-state index in [1.807, 2.05) is 0 Å². The van der Waals surface area contributed by atoms with E-state index >= 15 is 0 Å². The molecule has 0 aromatic carbocycles. The van der Waals surface area contributed by atoms with Crippen LogP contribution in [-0.4, -0.2) is 6.04 Å². The Balaban J connectivity index is 2.19. The molecule has 0 heterocycles. The standard InChI is InChI=1S/C24H47N/c1-6-9-11-18(8-3)24(17(4)5)23-14-12-19-16-20(25)13-15-21(19)22(23)10-7-2/h17-24H,6-16,25H2,1-5H3/t18?,19?,20-,21?,22?,23?,24?/m1/s1. The van der Waals surface area contributed by atoms with Crippen molar-refractivity contribution in [2.45, 2.75) is 111 Å². The number of rotatable bonds is 9. The Bertz CT molecular complexity index is 363. The maximum Gasteiger partial charge on any atom is 0.00416 e. The molecule has 2 aliphatic carbocycles. The second-order valence-corrected chi connectivity index (χ2v) is 9.82. The number of hydrogen-bond donors (Lipinski definition) is 1. The lowest BCUT2D eigenvalue weighted by Crippen LogP contribution is -2.45. The highest BCUT2D eigenvalue weighted by Crippen LogP contribution is 2.53. The molecule has 2 aliphatic rings. The highest BCUT2D eigenvalue weighted by atomic mass is 14.7. The molecule has 0 saturated heterocycles. The molecule has 2 fully saturated rings. The van der Waals surface area contributed by atoms with Crippen molar-refractivity contribution in [3.8, 4) is 0 Å². The summed E-state index contributed by atoms with van der Waals surface area (Å²) in [6, 6.07) is 0.494. The van der Waals surface area contributed by atoms with E-state index in [-0.39, 0.29) is 0 Å². The van der Waals surface area contributed by atoms with Gasteiger partial charge in [-0.25, -0.2) is 0 Å². The van der Waals surface area contributed by atoms with Crippen LogP contribution in [0.5, 0.6) is 0 Å². The van der Waals surface area contributed by atoms with Gasteiger partial charge in [-0.3, -0.25) is 0 Å². The highest BCUT2D eigenvalue weighted by Gasteiger charge is 2.45. The smallest absolute Gasteiger partial charge is 0.00416 e. The van der Waals surface area contributed by atoms with Gasteiger partial charge in [-0.1, -0.05) is 73.1 Å². The van der Waals surface area contributed by atoms with Gasteiger partial charge in [0, 0.05) is 6.04 Å². The molecule has 0 amide bonds. The Morgan fingerprint density at radius 2 is 1.72 bits per heavy atom. The zero-order chi connectivity index (χ0) is 18.4. The summed E-state index contributed by atoms with van der Waals surface area (Å²) in [5.74, 6) is 6.64. The lowest BCUT2D eigenvalue weighted by molar-refractivity contribution is -0.0158. The molecule has 7 atom stereocenters. The largest absolute Gasteiger partial charge is 0.328 e. The molecule has 0 aromatic heterocycles. The zero-order valence-corrected chi connectivity index (χ0v) is 18.0. The van der Waals surface area contributed by atoms with Crippen molar-refractivity contribution in [2.75, 3.05) is 0 Å². The van der Waals surface area contributed by atoms with E-state index in [0.29, 0.717) is 6.04 Å². The fraction of sp³-hybridized carbons (Fsp3) is 1.00. The molecule has 148 valence electrons. The fourth-order valence-electron chi connectivity index (χ4n) is 6.92. The first-order valence-corrected chi connectivity index (χ1v) is 11.8. The number of hydrogen-bond acceptors (Lipinski definition) is 1. The maximum atomic E-state index is 6.33. The van der Waals surface area contributed by atoms with Gasteiger partial charge in [-0.2, -0.15) is 0 Å². The Kier molecular flexibility index (Phi) is 8.79. The van der Waals surface area contributed by atoms with Gasteiger partial charge in [0.1, 0.15) is 0 Å². The Hall–Kier alpha value is -0.0400. The van der Waals surface area contributed by atoms with Crippen LogP contribution in [0.1, 0.15) is 105 Å². The molecule has 0 spiro atoms. The first kappa shape index (κ1) is 21.3. The SMILES string of the molecule is CCCCC(CC)C(C(C)C)C1CCC2C[C@H](N)CCC2C1CCC. The third kappa shape index (κ3) is 5.24. The minimum absolute atomic E-state index is 0.494. The van der Waals surface area contributed by atoms with Gasteiger partial charge in [0.25, 0.3) is 0 Å². The quantitative estimate of drug-likeness (QED) is 0.474. The second kappa shape index (κ2) is 10.3. The minimum Gasteiger partial charge on any atom is -0.328 e. The molecular formula is C24H47N. The van der Waals surface area contributed by atoms with Crippen LogP contribution in [0.2, 0.25) is 0 Å². The molecule has 0 bridgehead atoms. The summed E-state index contributed by atoms with van der Waals surface area (Å²) in [5, 5.41) is 0. The summed E-state index contributed by atoms with van der Waals surface area (Å²) in [5.41, 5.74) is 6.33. The van der Waals surface area contributed by atoms with Crippen LogP contribution in [0.25, 0.3) is 0 Å². The molecule has 25 heavy (non-hydrogen) atoms. The number of fused-ring (bicyclic) bond motifs is 1. The maximum absolute atomic E-state index is 6.33. The van der Waals surface area contributed by atoms with Gasteiger partial charge in [0.15, 0.2) is 0 Å². The first-order chi connectivity index (χ1) is 12.0. The molecule has 2 N–H and O–H groups in total. The van der Waals surface area contributed by atoms with E-state index in [1.54, 1.807) is 0 Å². The van der Waals surface area contributed by atoms with E-state index in [9.17, 15) is 0 Å². The van der Waals surface area contributed by atoms with Crippen molar-refractivity contribution in [2.24, 2.45) is 47.2 Å². The van der Waals surface area contributed by atoms with Gasteiger partial charge >= 0.3 is 0 Å². The van der Waals surface area contributed by atoms with Crippen molar-refractivity contribution >= 4 is 0 Å². The molecule has 0 aromatic rings. The van der Waals surface area contributed by atoms with E-state index < -0.39 is 0 Å². The third-order valence-electron chi connectivity index (χ3n) is 7.94. The highest BCUT2D eigenvalue weighted by molar-refractivity contribution is 4.95. The molecule has 1 heteroatoms. The topological polar surface area (TPSA) is 26.0 Å². The van der Waals surface area contributed by atoms with Crippen molar-refractivity contribution in [1.29, 1.82) is 0 Å². The summed E-state index contributed by atoms with van der Waals surface area (Å²) in [7, 11) is 0. The predicted octanol–water partition coefficient (Wildman–Crippen LogP) is 7.04. The van der Waals surface area contributed by atoms with E-state index in [4.69, 9.17) is 5.73 Å². The summed E-state index contributed by atoms with van der Waals surface area (Å²) in [6.45, 7) is 12.3. The molecule has 0 aliphatic heterocycles. The first-order valence-electron chi connectivity index (χ1n) is 11.8. The fourth-order valence-corrected chi connectivity index (χ4v) is 6.92. The van der Waals surface area contributed by atoms with E-state index in [2.05, 4.69) is 34.6 Å². The zero-order valence-electron chi connectivity index (χ0n) is 18.0. The van der Waals surface area contributed by atoms with Crippen LogP contribution in [0.4, 0.5) is 0 Å². The Morgan fingerprint density at radius 1 is 0.960 bits per heavy atom. The molecule has 2 rings (SSSR count). The summed E-state index contributed by atoms with van der Waals surface area (Å²) in [6.07, 6.45) is 15.4. The molecule has 0 radical (unpaired) electrons. The second-order valence-electron chi connectivity index (χ2n) is 9.82. The summed E-state index contributed by atoms with van der Waals surface area (Å²) in [4.78, 5) is 0. The van der Waals surface area contributed by atoms with Crippen LogP contribution < -0.4 is 5.73 Å². The lowest BCUT2D eigenvalue weighted by Gasteiger charge is -2.51. The third-order valence-corrected chi connectivity index (χ3v) is 7.94. The number of unbranched alkanes of at least 4 members (excludes halogenated alkanes) is 1. The van der Waals surface area contributed by atoms with Crippen LogP contribution in [0.3, 0.4) is 0 Å². The van der Waals surface area contributed by atoms with Crippen LogP contribution in [0.15, 0.2) is 0 Å². The lowest BCUT2D eigenvalue weighted by atomic mass is 9.54. The van der Waals surface area contributed by atoms with E-state index in [0.717, 1.165) is 41.4 Å². The average Bonchev–Trinajstić information content (AvgIpc) is 2.59. The Labute approximate surface area is 158 Å². The van der Waals surface area contributed by atoms with Crippen molar-refractivity contribution in [1.82, 2.24) is 0 Å². The van der Waals surface area contributed by atoms with Gasteiger partial charge in [0.2, 0.25) is 0 Å². The van der Waals surface area contributed by atoms with Gasteiger partial charge in [-0.15, -0.1) is 0 Å². The van der Waals surface area contributed by atoms with E-state index in [1.165, 1.54) is 70.6 Å². The molecule has 2 saturated carbocycles. The molecule has 1 nitrogen and oxygen atoms in total. The summed E-state index contributed by atoms with van der Waals surface area (Å²) < 4.78 is 0. The summed E-state index contributed by atoms with van der Waals surface area (Å²) >= 11 is 0. The van der Waals surface area contributed by atoms with Crippen molar-refractivity contribution in [3.05, 3.63) is 0 Å². The van der Waals surface area contributed by atoms with Gasteiger partial charge < -0.3 is 5.73 Å². The minimum atomic E-state index is 0.494. The molecular weight excluding hydrogens is 302 g/mol. The van der Waals surface area contributed by atoms with Gasteiger partial charge in [-0.05, 0) is 73.5 Å². The Morgan fingerprint density at radius 3 is 2.32 bits per heavy atom. The van der Waals surface area contributed by atoms with Crippen LogP contribution in [-0.2, 0) is 0 Å². The monoisotopic (exact) mass is 349 g/mol. The predicted molar refractivity (Wildman–Crippen MR) is 112 cm³/mol. The van der Waals surface area contributed by atoms with Gasteiger partial charge in [0.05, 0.1) is 0 Å². The van der Waals surface area contributed by atoms with Crippen molar-refractivity contribution in [3.63, 3.8) is 0 Å². The normalized spacial score (nSPS) is 35.4. The van der Waals surface area contributed by atoms with Crippen molar-refractivity contribution < 1.29 is 0 Å². The number of nitrogens with two attached hydrogens (primary N) is 1. The van der Waals surface area contributed by atoms with Crippen LogP contribution in [0, 0.1) is 41.4 Å². The molecule has 6 unspecified atom stereocenters.